The van der Waals surface area contributed by atoms with Crippen molar-refractivity contribution in [2.75, 3.05) is 26.6 Å². The normalized spacial score (nSPS) is 33.5. The van der Waals surface area contributed by atoms with Crippen LogP contribution in [0.15, 0.2) is 18.2 Å². The van der Waals surface area contributed by atoms with Gasteiger partial charge in [-0.1, -0.05) is 13.8 Å². The molecule has 212 valence electrons. The highest BCUT2D eigenvalue weighted by Gasteiger charge is 2.68. The fourth-order valence-corrected chi connectivity index (χ4v) is 7.09. The van der Waals surface area contributed by atoms with E-state index < -0.39 is 64.6 Å². The highest BCUT2D eigenvalue weighted by molar-refractivity contribution is 5.98. The smallest absolute Gasteiger partial charge is 0.310 e. The van der Waals surface area contributed by atoms with Crippen LogP contribution in [0.1, 0.15) is 46.5 Å². The maximum absolute atomic E-state index is 13.9. The van der Waals surface area contributed by atoms with Crippen LogP contribution >= 0.6 is 0 Å². The molecule has 0 spiro atoms. The lowest BCUT2D eigenvalue weighted by Crippen LogP contribution is -2.66. The van der Waals surface area contributed by atoms with Crippen LogP contribution in [0.3, 0.4) is 0 Å². The number of amides is 1. The first kappa shape index (κ1) is 28.4. The number of esters is 3. The first-order valence-corrected chi connectivity index (χ1v) is 12.9. The van der Waals surface area contributed by atoms with Crippen molar-refractivity contribution in [2.24, 2.45) is 28.6 Å². The first-order valence-electron chi connectivity index (χ1n) is 12.9. The summed E-state index contributed by atoms with van der Waals surface area (Å²) in [5.41, 5.74) is -1.60. The van der Waals surface area contributed by atoms with Crippen molar-refractivity contribution in [3.8, 4) is 11.5 Å². The number of rotatable bonds is 6. The number of hydrogen-bond acceptors (Lipinski definition) is 10. The van der Waals surface area contributed by atoms with Gasteiger partial charge in [-0.25, -0.2) is 0 Å². The molecule has 1 aromatic carbocycles. The summed E-state index contributed by atoms with van der Waals surface area (Å²) in [6.45, 7) is 4.83. The number of carbonyl (C=O) groups excluding carboxylic acids is 5. The number of ether oxygens (including phenoxy) is 5. The Morgan fingerprint density at radius 3 is 2.38 bits per heavy atom. The summed E-state index contributed by atoms with van der Waals surface area (Å²) in [5.74, 6) is -4.09. The molecule has 0 bridgehead atoms. The Morgan fingerprint density at radius 2 is 1.77 bits per heavy atom. The molecule has 11 nitrogen and oxygen atoms in total. The van der Waals surface area contributed by atoms with Crippen molar-refractivity contribution in [3.05, 3.63) is 18.2 Å². The second-order valence-corrected chi connectivity index (χ2v) is 11.0. The Morgan fingerprint density at radius 1 is 1.05 bits per heavy atom. The van der Waals surface area contributed by atoms with Gasteiger partial charge in [-0.05, 0) is 35.8 Å². The van der Waals surface area contributed by atoms with Crippen molar-refractivity contribution in [1.29, 1.82) is 0 Å². The largest absolute Gasteiger partial charge is 0.497 e. The minimum Gasteiger partial charge on any atom is -0.497 e. The molecule has 1 aromatic rings. The summed E-state index contributed by atoms with van der Waals surface area (Å²) < 4.78 is 26.6. The monoisotopic (exact) mass is 545 g/mol. The molecule has 0 radical (unpaired) electrons. The second kappa shape index (κ2) is 10.5. The zero-order chi connectivity index (χ0) is 28.7. The van der Waals surface area contributed by atoms with E-state index in [1.165, 1.54) is 28.3 Å². The summed E-state index contributed by atoms with van der Waals surface area (Å²) >= 11 is 0. The van der Waals surface area contributed by atoms with Crippen LogP contribution in [0.25, 0.3) is 0 Å². The molecule has 39 heavy (non-hydrogen) atoms. The highest BCUT2D eigenvalue weighted by atomic mass is 16.6. The minimum atomic E-state index is -1.21. The molecule has 0 unspecified atom stereocenters. The molecule has 1 saturated heterocycles. The summed E-state index contributed by atoms with van der Waals surface area (Å²) in [7, 11) is 4.22. The molecule has 0 aromatic heterocycles. The van der Waals surface area contributed by atoms with E-state index in [1.54, 1.807) is 25.1 Å². The van der Waals surface area contributed by atoms with Gasteiger partial charge in [0.05, 0.1) is 38.9 Å². The Balaban J connectivity index is 1.70. The molecule has 3 fully saturated rings. The zero-order valence-electron chi connectivity index (χ0n) is 23.0. The van der Waals surface area contributed by atoms with Gasteiger partial charge in [0.15, 0.2) is 18.0 Å². The Kier molecular flexibility index (Phi) is 7.64. The predicted octanol–water partition coefficient (Wildman–Crippen LogP) is 2.69. The standard InChI is InChI=1S/C28H35NO10/c1-14(30)38-20-12-17(25(33)37-6)27(2)10-9-16-26(34)39-21(13-28(16,3)23(27)22(20)31)24(32)29-18-11-15(35-4)7-8-19(18)36-5/h7-8,11,16-17,20-21,23H,9-10,12-13H2,1-6H3,(H,29,32)/t16-,17-,20-,21-,23-,27-,28-/m0/s1. The van der Waals surface area contributed by atoms with Crippen molar-refractivity contribution in [1.82, 2.24) is 0 Å². The van der Waals surface area contributed by atoms with Gasteiger partial charge in [0.25, 0.3) is 5.91 Å². The number of anilines is 1. The van der Waals surface area contributed by atoms with Crippen molar-refractivity contribution in [2.45, 2.75) is 58.7 Å². The van der Waals surface area contributed by atoms with Crippen LogP contribution in [0, 0.1) is 28.6 Å². The van der Waals surface area contributed by atoms with Gasteiger partial charge in [-0.2, -0.15) is 0 Å². The molecule has 1 N–H and O–H groups in total. The van der Waals surface area contributed by atoms with Crippen LogP contribution < -0.4 is 14.8 Å². The third-order valence-corrected chi connectivity index (χ3v) is 8.85. The number of carbonyl (C=O) groups is 5. The van der Waals surface area contributed by atoms with E-state index in [-0.39, 0.29) is 18.6 Å². The Labute approximate surface area is 226 Å². The molecule has 2 saturated carbocycles. The average molecular weight is 546 g/mol. The molecular formula is C28H35NO10. The second-order valence-electron chi connectivity index (χ2n) is 11.0. The lowest BCUT2D eigenvalue weighted by atomic mass is 9.43. The van der Waals surface area contributed by atoms with Crippen molar-refractivity contribution < 1.29 is 47.7 Å². The topological polar surface area (TPSA) is 144 Å². The first-order chi connectivity index (χ1) is 18.4. The Hall–Kier alpha value is -3.63. The number of ketones is 1. The van der Waals surface area contributed by atoms with Gasteiger partial charge in [0.2, 0.25) is 0 Å². The third-order valence-electron chi connectivity index (χ3n) is 8.85. The number of benzene rings is 1. The van der Waals surface area contributed by atoms with Crippen molar-refractivity contribution >= 4 is 35.3 Å². The van der Waals surface area contributed by atoms with Crippen molar-refractivity contribution in [3.63, 3.8) is 0 Å². The maximum Gasteiger partial charge on any atom is 0.310 e. The molecule has 2 aliphatic carbocycles. The van der Waals surface area contributed by atoms with E-state index in [0.29, 0.717) is 30.0 Å². The number of methoxy groups -OCH3 is 3. The fraction of sp³-hybridized carbons (Fsp3) is 0.607. The number of nitrogens with one attached hydrogen (secondary N) is 1. The molecule has 1 aliphatic heterocycles. The molecule has 4 rings (SSSR count). The third kappa shape index (κ3) is 4.83. The molecule has 1 amide bonds. The molecule has 7 atom stereocenters. The van der Waals surface area contributed by atoms with E-state index in [0.717, 1.165) is 0 Å². The lowest BCUT2D eigenvalue weighted by Gasteiger charge is -2.60. The highest BCUT2D eigenvalue weighted by Crippen LogP contribution is 2.64. The summed E-state index contributed by atoms with van der Waals surface area (Å²) in [5, 5.41) is 2.75. The van der Waals surface area contributed by atoms with Gasteiger partial charge < -0.3 is 29.0 Å². The molecule has 11 heteroatoms. The van der Waals surface area contributed by atoms with Gasteiger partial charge in [0.1, 0.15) is 11.5 Å². The molecule has 1 heterocycles. The fourth-order valence-electron chi connectivity index (χ4n) is 7.09. The minimum absolute atomic E-state index is 0.00281. The average Bonchev–Trinajstić information content (AvgIpc) is 2.88. The van der Waals surface area contributed by atoms with Crippen LogP contribution in [0.4, 0.5) is 5.69 Å². The van der Waals surface area contributed by atoms with E-state index in [4.69, 9.17) is 23.7 Å². The van der Waals surface area contributed by atoms with Crippen LogP contribution in [-0.4, -0.2) is 63.1 Å². The zero-order valence-corrected chi connectivity index (χ0v) is 23.0. The summed E-state index contributed by atoms with van der Waals surface area (Å²) in [6.07, 6.45) is -1.57. The van der Waals surface area contributed by atoms with Crippen LogP contribution in [-0.2, 0) is 38.2 Å². The summed E-state index contributed by atoms with van der Waals surface area (Å²) in [6, 6.07) is 4.89. The number of fused-ring (bicyclic) bond motifs is 3. The summed E-state index contributed by atoms with van der Waals surface area (Å²) in [4.78, 5) is 65.4. The SMILES string of the molecule is COC(=O)[C@@H]1C[C@H](OC(C)=O)C(=O)[C@H]2[C@@]1(C)CC[C@H]1C(=O)O[C@H](C(=O)Nc3cc(OC)ccc3OC)C[C@]21C. The van der Waals surface area contributed by atoms with Gasteiger partial charge in [0, 0.05) is 31.7 Å². The van der Waals surface area contributed by atoms with E-state index in [2.05, 4.69) is 5.32 Å². The van der Waals surface area contributed by atoms with Gasteiger partial charge >= 0.3 is 17.9 Å². The number of Topliss-reactive ketones (excluding diaryl/α,β-unsaturated/α-hetero) is 1. The lowest BCUT2D eigenvalue weighted by molar-refractivity contribution is -0.209. The van der Waals surface area contributed by atoms with Gasteiger partial charge in [-0.3, -0.25) is 24.0 Å². The molecular weight excluding hydrogens is 510 g/mol. The van der Waals surface area contributed by atoms with E-state index in [9.17, 15) is 24.0 Å². The van der Waals surface area contributed by atoms with E-state index >= 15 is 0 Å². The van der Waals surface area contributed by atoms with E-state index in [1.807, 2.05) is 6.92 Å². The van der Waals surface area contributed by atoms with Crippen LogP contribution in [0.2, 0.25) is 0 Å². The Bertz CT molecular complexity index is 1200. The quantitative estimate of drug-likeness (QED) is 0.418. The number of cyclic esters (lactones) is 1. The van der Waals surface area contributed by atoms with Gasteiger partial charge in [-0.15, -0.1) is 0 Å². The number of hydrogen-bond donors (Lipinski definition) is 1. The predicted molar refractivity (Wildman–Crippen MR) is 136 cm³/mol. The molecule has 3 aliphatic rings. The maximum atomic E-state index is 13.9. The van der Waals surface area contributed by atoms with Crippen LogP contribution in [0.5, 0.6) is 11.5 Å².